The van der Waals surface area contributed by atoms with Gasteiger partial charge in [0.05, 0.1) is 15.2 Å². The highest BCUT2D eigenvalue weighted by molar-refractivity contribution is 7.18. The van der Waals surface area contributed by atoms with E-state index in [2.05, 4.69) is 9.72 Å². The average Bonchev–Trinajstić information content (AvgIpc) is 2.76. The minimum absolute atomic E-state index is 0.212. The molecule has 1 aromatic heterocycles. The summed E-state index contributed by atoms with van der Waals surface area (Å²) in [6, 6.07) is 11.5. The number of thiazole rings is 1. The number of benzene rings is 2. The molecule has 3 rings (SSSR count). The monoisotopic (exact) mass is 309 g/mol. The van der Waals surface area contributed by atoms with Crippen molar-refractivity contribution in [2.24, 2.45) is 0 Å². The first kappa shape index (κ1) is 13.9. The maximum Gasteiger partial charge on any atom is 0.573 e. The number of hydrogen-bond acceptors (Lipinski definition) is 3. The van der Waals surface area contributed by atoms with Crippen LogP contribution in [0.3, 0.4) is 0 Å². The average molecular weight is 309 g/mol. The zero-order chi connectivity index (χ0) is 15.0. The van der Waals surface area contributed by atoms with Crippen LogP contribution in [-0.4, -0.2) is 11.3 Å². The number of para-hydroxylation sites is 1. The van der Waals surface area contributed by atoms with Crippen LogP contribution in [0.2, 0.25) is 0 Å². The number of rotatable bonds is 2. The van der Waals surface area contributed by atoms with Crippen LogP contribution in [0.5, 0.6) is 5.75 Å². The van der Waals surface area contributed by atoms with Gasteiger partial charge in [-0.1, -0.05) is 24.3 Å². The molecule has 0 unspecified atom stereocenters. The minimum atomic E-state index is -4.71. The summed E-state index contributed by atoms with van der Waals surface area (Å²) >= 11 is 1.55. The Kier molecular flexibility index (Phi) is 3.33. The van der Waals surface area contributed by atoms with Gasteiger partial charge < -0.3 is 4.74 Å². The van der Waals surface area contributed by atoms with Crippen molar-refractivity contribution < 1.29 is 17.9 Å². The second kappa shape index (κ2) is 5.04. The van der Waals surface area contributed by atoms with Gasteiger partial charge in [-0.2, -0.15) is 0 Å². The van der Waals surface area contributed by atoms with Crippen molar-refractivity contribution in [2.75, 3.05) is 0 Å². The largest absolute Gasteiger partial charge is 0.573 e. The number of alkyl halides is 3. The van der Waals surface area contributed by atoms with Gasteiger partial charge in [0.25, 0.3) is 0 Å². The molecule has 108 valence electrons. The molecule has 0 aliphatic heterocycles. The lowest BCUT2D eigenvalue weighted by Gasteiger charge is -2.13. The highest BCUT2D eigenvalue weighted by Crippen LogP contribution is 2.35. The van der Waals surface area contributed by atoms with Gasteiger partial charge in [0, 0.05) is 5.56 Å². The van der Waals surface area contributed by atoms with E-state index in [4.69, 9.17) is 0 Å². The van der Waals surface area contributed by atoms with Gasteiger partial charge in [0.1, 0.15) is 5.75 Å². The van der Waals surface area contributed by atoms with Crippen LogP contribution in [0.4, 0.5) is 13.2 Å². The Bertz CT molecular complexity index is 795. The molecule has 21 heavy (non-hydrogen) atoms. The third kappa shape index (κ3) is 3.00. The van der Waals surface area contributed by atoms with E-state index in [1.165, 1.54) is 12.1 Å². The van der Waals surface area contributed by atoms with Gasteiger partial charge in [-0.15, -0.1) is 24.5 Å². The molecule has 3 aromatic rings. The van der Waals surface area contributed by atoms with Crippen molar-refractivity contribution in [3.05, 3.63) is 47.5 Å². The first-order valence-electron chi connectivity index (χ1n) is 6.15. The van der Waals surface area contributed by atoms with Crippen molar-refractivity contribution in [3.63, 3.8) is 0 Å². The van der Waals surface area contributed by atoms with Crippen molar-refractivity contribution in [1.29, 1.82) is 0 Å². The molecule has 0 radical (unpaired) electrons. The number of hydrogen-bond donors (Lipinski definition) is 0. The van der Waals surface area contributed by atoms with E-state index < -0.39 is 6.36 Å². The van der Waals surface area contributed by atoms with Crippen LogP contribution in [0.15, 0.2) is 42.5 Å². The first-order valence-corrected chi connectivity index (χ1v) is 6.96. The van der Waals surface area contributed by atoms with Crippen LogP contribution in [0.25, 0.3) is 21.3 Å². The number of fused-ring (bicyclic) bond motifs is 1. The Balaban J connectivity index is 2.09. The smallest absolute Gasteiger partial charge is 0.405 e. The molecule has 2 nitrogen and oxygen atoms in total. The van der Waals surface area contributed by atoms with Crippen molar-refractivity contribution >= 4 is 21.6 Å². The van der Waals surface area contributed by atoms with E-state index >= 15 is 0 Å². The molecule has 2 aromatic carbocycles. The molecule has 0 amide bonds. The lowest BCUT2D eigenvalue weighted by atomic mass is 10.0. The Morgan fingerprint density at radius 3 is 2.62 bits per heavy atom. The number of aryl methyl sites for hydroxylation is 1. The summed E-state index contributed by atoms with van der Waals surface area (Å²) in [4.78, 5) is 4.36. The predicted octanol–water partition coefficient (Wildman–Crippen LogP) is 5.17. The Morgan fingerprint density at radius 2 is 1.86 bits per heavy atom. The van der Waals surface area contributed by atoms with E-state index in [0.29, 0.717) is 11.1 Å². The quantitative estimate of drug-likeness (QED) is 0.651. The molecular weight excluding hydrogens is 299 g/mol. The molecule has 1 heterocycles. The van der Waals surface area contributed by atoms with Gasteiger partial charge in [-0.05, 0) is 30.7 Å². The highest BCUT2D eigenvalue weighted by Gasteiger charge is 2.32. The molecule has 0 saturated heterocycles. The van der Waals surface area contributed by atoms with Gasteiger partial charge in [0.2, 0.25) is 0 Å². The van der Waals surface area contributed by atoms with E-state index in [1.54, 1.807) is 35.6 Å². The first-order chi connectivity index (χ1) is 9.92. The number of nitrogens with zero attached hydrogens (tertiary/aromatic N) is 1. The molecule has 0 N–H and O–H groups in total. The molecule has 0 spiro atoms. The fourth-order valence-corrected chi connectivity index (χ4v) is 2.94. The highest BCUT2D eigenvalue weighted by atomic mass is 32.1. The van der Waals surface area contributed by atoms with E-state index in [0.717, 1.165) is 15.2 Å². The Labute approximate surface area is 122 Å². The van der Waals surface area contributed by atoms with E-state index in [1.807, 2.05) is 13.0 Å². The minimum Gasteiger partial charge on any atom is -0.405 e. The lowest BCUT2D eigenvalue weighted by molar-refractivity contribution is -0.274. The third-order valence-corrected chi connectivity index (χ3v) is 3.87. The van der Waals surface area contributed by atoms with Gasteiger partial charge >= 0.3 is 6.36 Å². The van der Waals surface area contributed by atoms with Crippen LogP contribution in [0.1, 0.15) is 5.01 Å². The van der Waals surface area contributed by atoms with Gasteiger partial charge in [0.15, 0.2) is 0 Å². The molecule has 0 aliphatic carbocycles. The fraction of sp³-hybridized carbons (Fsp3) is 0.133. The molecule has 6 heteroatoms. The van der Waals surface area contributed by atoms with Crippen LogP contribution >= 0.6 is 11.3 Å². The second-order valence-corrected chi connectivity index (χ2v) is 5.69. The predicted molar refractivity (Wildman–Crippen MR) is 76.5 cm³/mol. The lowest BCUT2D eigenvalue weighted by Crippen LogP contribution is -2.17. The topological polar surface area (TPSA) is 22.1 Å². The van der Waals surface area contributed by atoms with Crippen LogP contribution in [-0.2, 0) is 0 Å². The second-order valence-electron chi connectivity index (χ2n) is 4.46. The summed E-state index contributed by atoms with van der Waals surface area (Å²) < 4.78 is 42.5. The van der Waals surface area contributed by atoms with Crippen molar-refractivity contribution in [2.45, 2.75) is 13.3 Å². The zero-order valence-corrected chi connectivity index (χ0v) is 11.8. The molecule has 0 fully saturated rings. The molecular formula is C15H10F3NOS. The summed E-state index contributed by atoms with van der Waals surface area (Å²) in [7, 11) is 0. The van der Waals surface area contributed by atoms with E-state index in [-0.39, 0.29) is 5.75 Å². The molecule has 0 saturated carbocycles. The summed E-state index contributed by atoms with van der Waals surface area (Å²) in [5.74, 6) is -0.212. The zero-order valence-electron chi connectivity index (χ0n) is 10.9. The molecule has 0 bridgehead atoms. The van der Waals surface area contributed by atoms with Gasteiger partial charge in [-0.3, -0.25) is 0 Å². The standard InChI is InChI=1S/C15H10F3NOS/c1-9-19-12-8-10(6-7-14(12)21-9)11-4-2-3-5-13(11)20-15(16,17)18/h2-8H,1H3. The molecule has 0 atom stereocenters. The maximum atomic E-state index is 12.5. The number of halogens is 3. The van der Waals surface area contributed by atoms with E-state index in [9.17, 15) is 13.2 Å². The normalized spacial score (nSPS) is 11.8. The Hall–Kier alpha value is -2.08. The SMILES string of the molecule is Cc1nc2cc(-c3ccccc3OC(F)(F)F)ccc2s1. The van der Waals surface area contributed by atoms with Crippen LogP contribution < -0.4 is 4.74 Å². The summed E-state index contributed by atoms with van der Waals surface area (Å²) in [5, 5.41) is 0.918. The maximum absolute atomic E-state index is 12.5. The number of ether oxygens (including phenoxy) is 1. The molecule has 0 aliphatic rings. The summed E-state index contributed by atoms with van der Waals surface area (Å²) in [6.45, 7) is 1.89. The summed E-state index contributed by atoms with van der Waals surface area (Å²) in [5.41, 5.74) is 1.81. The van der Waals surface area contributed by atoms with Crippen LogP contribution in [0, 0.1) is 6.92 Å². The van der Waals surface area contributed by atoms with Crippen molar-refractivity contribution in [1.82, 2.24) is 4.98 Å². The fourth-order valence-electron chi connectivity index (χ4n) is 2.13. The van der Waals surface area contributed by atoms with Gasteiger partial charge in [-0.25, -0.2) is 4.98 Å². The third-order valence-electron chi connectivity index (χ3n) is 2.92. The van der Waals surface area contributed by atoms with Crippen molar-refractivity contribution in [3.8, 4) is 16.9 Å². The Morgan fingerprint density at radius 1 is 1.10 bits per heavy atom. The number of aromatic nitrogens is 1. The summed E-state index contributed by atoms with van der Waals surface area (Å²) in [6.07, 6.45) is -4.71.